The molecule has 1 spiro atoms. The van der Waals surface area contributed by atoms with Crippen molar-refractivity contribution < 1.29 is 9.53 Å². The van der Waals surface area contributed by atoms with Crippen LogP contribution in [0, 0.1) is 0 Å². The van der Waals surface area contributed by atoms with Crippen molar-refractivity contribution in [2.45, 2.75) is 31.3 Å². The van der Waals surface area contributed by atoms with Crippen molar-refractivity contribution in [3.63, 3.8) is 0 Å². The molecule has 2 aliphatic heterocycles. The van der Waals surface area contributed by atoms with Crippen molar-refractivity contribution in [3.05, 3.63) is 28.2 Å². The Bertz CT molecular complexity index is 488. The first kappa shape index (κ1) is 11.2. The molecule has 1 amide bonds. The Balaban J connectivity index is 2.11. The number of benzene rings is 1. The summed E-state index contributed by atoms with van der Waals surface area (Å²) in [6, 6.07) is 5.98. The van der Waals surface area contributed by atoms with Gasteiger partial charge in [-0.05, 0) is 43.5 Å². The van der Waals surface area contributed by atoms with Gasteiger partial charge in [-0.15, -0.1) is 0 Å². The van der Waals surface area contributed by atoms with Gasteiger partial charge in [0, 0.05) is 16.8 Å². The number of carbonyl (C=O) groups is 1. The van der Waals surface area contributed by atoms with Gasteiger partial charge < -0.3 is 10.1 Å². The molecule has 1 saturated heterocycles. The number of hydrogen-bond acceptors (Lipinski definition) is 2. The Hall–Kier alpha value is -0.870. The molecule has 4 heteroatoms. The number of hydrogen-bond donors (Lipinski definition) is 1. The molecular formula is C13H14BrNO2. The summed E-state index contributed by atoms with van der Waals surface area (Å²) in [5.74, 6) is 0.126. The van der Waals surface area contributed by atoms with E-state index in [-0.39, 0.29) is 17.4 Å². The first-order valence-electron chi connectivity index (χ1n) is 5.85. The molecule has 90 valence electrons. The van der Waals surface area contributed by atoms with Crippen molar-refractivity contribution in [1.82, 2.24) is 0 Å². The van der Waals surface area contributed by atoms with Gasteiger partial charge in [0.1, 0.15) is 0 Å². The number of fused-ring (bicyclic) bond motifs is 2. The van der Waals surface area contributed by atoms with Gasteiger partial charge in [0.05, 0.1) is 11.5 Å². The zero-order valence-corrected chi connectivity index (χ0v) is 11.2. The number of nitrogens with one attached hydrogen (secondary N) is 1. The van der Waals surface area contributed by atoms with Crippen molar-refractivity contribution in [2.75, 3.05) is 11.9 Å². The normalized spacial score (nSPS) is 31.4. The maximum absolute atomic E-state index is 12.3. The summed E-state index contributed by atoms with van der Waals surface area (Å²) in [6.45, 7) is 2.69. The summed E-state index contributed by atoms with van der Waals surface area (Å²) in [5.41, 5.74) is 1.69. The minimum Gasteiger partial charge on any atom is -0.378 e. The monoisotopic (exact) mass is 295 g/mol. The lowest BCUT2D eigenvalue weighted by atomic mass is 9.73. The molecular weight excluding hydrogens is 282 g/mol. The van der Waals surface area contributed by atoms with E-state index in [4.69, 9.17) is 4.74 Å². The average molecular weight is 296 g/mol. The van der Waals surface area contributed by atoms with Crippen molar-refractivity contribution in [2.24, 2.45) is 0 Å². The molecule has 1 N–H and O–H groups in total. The molecule has 17 heavy (non-hydrogen) atoms. The fourth-order valence-corrected chi connectivity index (χ4v) is 3.28. The lowest BCUT2D eigenvalue weighted by Gasteiger charge is -2.35. The van der Waals surface area contributed by atoms with Gasteiger partial charge in [-0.3, -0.25) is 4.79 Å². The fraction of sp³-hybridized carbons (Fsp3) is 0.462. The molecule has 2 heterocycles. The number of anilines is 1. The van der Waals surface area contributed by atoms with Crippen LogP contribution in [0.1, 0.15) is 25.3 Å². The molecule has 0 aliphatic carbocycles. The van der Waals surface area contributed by atoms with E-state index in [9.17, 15) is 4.79 Å². The van der Waals surface area contributed by atoms with Gasteiger partial charge in [0.15, 0.2) is 0 Å². The summed E-state index contributed by atoms with van der Waals surface area (Å²) in [4.78, 5) is 12.3. The average Bonchev–Trinajstić information content (AvgIpc) is 2.53. The van der Waals surface area contributed by atoms with Crippen LogP contribution in [-0.2, 0) is 14.9 Å². The van der Waals surface area contributed by atoms with Crippen LogP contribution in [0.5, 0.6) is 0 Å². The zero-order chi connectivity index (χ0) is 12.0. The second-order valence-electron chi connectivity index (χ2n) is 4.86. The van der Waals surface area contributed by atoms with Crippen LogP contribution in [0.4, 0.5) is 5.69 Å². The van der Waals surface area contributed by atoms with Crippen molar-refractivity contribution in [3.8, 4) is 0 Å². The molecule has 0 aromatic heterocycles. The Morgan fingerprint density at radius 3 is 3.12 bits per heavy atom. The molecule has 3 rings (SSSR count). The maximum atomic E-state index is 12.3. The van der Waals surface area contributed by atoms with E-state index in [0.717, 1.165) is 28.6 Å². The smallest absolute Gasteiger partial charge is 0.235 e. The second kappa shape index (κ2) is 3.82. The Labute approximate surface area is 109 Å². The van der Waals surface area contributed by atoms with E-state index in [0.29, 0.717) is 6.61 Å². The number of ether oxygens (including phenoxy) is 1. The first-order chi connectivity index (χ1) is 8.12. The number of halogens is 1. The molecule has 1 aromatic rings. The van der Waals surface area contributed by atoms with Crippen LogP contribution in [-0.4, -0.2) is 18.6 Å². The number of amides is 1. The number of carbonyl (C=O) groups excluding carboxylic acids is 1. The van der Waals surface area contributed by atoms with Crippen molar-refractivity contribution >= 4 is 27.5 Å². The van der Waals surface area contributed by atoms with Crippen LogP contribution in [0.15, 0.2) is 22.7 Å². The SMILES string of the molecule is CC1CC2(CCO1)C(=O)Nc1ccc(Br)cc12. The first-order valence-corrected chi connectivity index (χ1v) is 6.64. The van der Waals surface area contributed by atoms with Crippen LogP contribution < -0.4 is 5.32 Å². The summed E-state index contributed by atoms with van der Waals surface area (Å²) in [7, 11) is 0. The zero-order valence-electron chi connectivity index (χ0n) is 9.63. The lowest BCUT2D eigenvalue weighted by Crippen LogP contribution is -2.42. The quantitative estimate of drug-likeness (QED) is 0.799. The lowest BCUT2D eigenvalue weighted by molar-refractivity contribution is -0.126. The fourth-order valence-electron chi connectivity index (χ4n) is 2.92. The highest BCUT2D eigenvalue weighted by Gasteiger charge is 2.49. The highest BCUT2D eigenvalue weighted by atomic mass is 79.9. The van der Waals surface area contributed by atoms with Gasteiger partial charge in [-0.2, -0.15) is 0 Å². The molecule has 0 bridgehead atoms. The van der Waals surface area contributed by atoms with E-state index in [1.165, 1.54) is 0 Å². The van der Waals surface area contributed by atoms with Crippen molar-refractivity contribution in [1.29, 1.82) is 0 Å². The predicted molar refractivity (Wildman–Crippen MR) is 69.1 cm³/mol. The summed E-state index contributed by atoms with van der Waals surface area (Å²) < 4.78 is 6.59. The minimum absolute atomic E-state index is 0.126. The molecule has 1 fully saturated rings. The third-order valence-corrected chi connectivity index (χ3v) is 4.24. The third kappa shape index (κ3) is 1.62. The topological polar surface area (TPSA) is 38.3 Å². The van der Waals surface area contributed by atoms with Gasteiger partial charge >= 0.3 is 0 Å². The Morgan fingerprint density at radius 2 is 2.35 bits per heavy atom. The molecule has 2 unspecified atom stereocenters. The van der Waals surface area contributed by atoms with Gasteiger partial charge in [-0.1, -0.05) is 15.9 Å². The summed E-state index contributed by atoms with van der Waals surface area (Å²) >= 11 is 3.48. The minimum atomic E-state index is -0.378. The van der Waals surface area contributed by atoms with Crippen LogP contribution in [0.3, 0.4) is 0 Å². The van der Waals surface area contributed by atoms with Crippen LogP contribution in [0.2, 0.25) is 0 Å². The summed E-state index contributed by atoms with van der Waals surface area (Å²) in [6.07, 6.45) is 1.67. The van der Waals surface area contributed by atoms with Crippen LogP contribution in [0.25, 0.3) is 0 Å². The second-order valence-corrected chi connectivity index (χ2v) is 5.78. The predicted octanol–water partition coefficient (Wildman–Crippen LogP) is 2.84. The van der Waals surface area contributed by atoms with E-state index < -0.39 is 0 Å². The molecule has 1 aromatic carbocycles. The van der Waals surface area contributed by atoms with E-state index in [1.807, 2.05) is 19.1 Å². The molecule has 2 aliphatic rings. The molecule has 3 nitrogen and oxygen atoms in total. The van der Waals surface area contributed by atoms with E-state index in [1.54, 1.807) is 0 Å². The van der Waals surface area contributed by atoms with Gasteiger partial charge in [-0.25, -0.2) is 0 Å². The standard InChI is InChI=1S/C13H14BrNO2/c1-8-7-13(4-5-17-8)10-6-9(14)2-3-11(10)15-12(13)16/h2-3,6,8H,4-5,7H2,1H3,(H,15,16). The largest absolute Gasteiger partial charge is 0.378 e. The molecule has 0 radical (unpaired) electrons. The van der Waals surface area contributed by atoms with Gasteiger partial charge in [0.2, 0.25) is 5.91 Å². The van der Waals surface area contributed by atoms with Gasteiger partial charge in [0.25, 0.3) is 0 Å². The summed E-state index contributed by atoms with van der Waals surface area (Å²) in [5, 5.41) is 2.99. The molecule has 2 atom stereocenters. The molecule has 0 saturated carbocycles. The van der Waals surface area contributed by atoms with Crippen LogP contribution >= 0.6 is 15.9 Å². The van der Waals surface area contributed by atoms with E-state index in [2.05, 4.69) is 27.3 Å². The Morgan fingerprint density at radius 1 is 1.53 bits per heavy atom. The maximum Gasteiger partial charge on any atom is 0.235 e. The third-order valence-electron chi connectivity index (χ3n) is 3.75. The Kier molecular flexibility index (Phi) is 2.52. The highest BCUT2D eigenvalue weighted by Crippen LogP contribution is 2.46. The number of rotatable bonds is 0. The highest BCUT2D eigenvalue weighted by molar-refractivity contribution is 9.10. The van der Waals surface area contributed by atoms with E-state index >= 15 is 0 Å².